The second-order valence-electron chi connectivity index (χ2n) is 6.99. The van der Waals surface area contributed by atoms with Crippen LogP contribution in [0.4, 0.5) is 4.39 Å². The number of nitrogens with zero attached hydrogens (tertiary/aromatic N) is 1. The summed E-state index contributed by atoms with van der Waals surface area (Å²) in [5.41, 5.74) is 0. The Balaban J connectivity index is 1.42. The Bertz CT molecular complexity index is 634. The number of carbonyl (C=O) groups excluding carboxylic acids is 2. The Morgan fingerprint density at radius 2 is 2.19 bits per heavy atom. The number of amides is 2. The number of halogens is 1. The number of ether oxygens (including phenoxy) is 1. The van der Waals surface area contributed by atoms with Gasteiger partial charge < -0.3 is 20.3 Å². The topological polar surface area (TPSA) is 70.7 Å². The first-order valence-electron chi connectivity index (χ1n) is 9.29. The van der Waals surface area contributed by atoms with Crippen LogP contribution >= 0.6 is 0 Å². The van der Waals surface area contributed by atoms with Crippen LogP contribution in [0.25, 0.3) is 0 Å². The van der Waals surface area contributed by atoms with Crippen molar-refractivity contribution < 1.29 is 18.7 Å². The summed E-state index contributed by atoms with van der Waals surface area (Å²) in [6.07, 6.45) is 3.83. The van der Waals surface area contributed by atoms with Crippen LogP contribution in [0.1, 0.15) is 25.7 Å². The largest absolute Gasteiger partial charge is 0.484 e. The fraction of sp³-hybridized carbons (Fsp3) is 0.579. The zero-order valence-corrected chi connectivity index (χ0v) is 14.9. The molecule has 0 aliphatic carbocycles. The maximum atomic E-state index is 13.1. The van der Waals surface area contributed by atoms with Gasteiger partial charge in [0.2, 0.25) is 5.91 Å². The molecule has 2 atom stereocenters. The monoisotopic (exact) mass is 363 g/mol. The minimum atomic E-state index is -0.388. The maximum absolute atomic E-state index is 13.1. The van der Waals surface area contributed by atoms with E-state index in [1.807, 2.05) is 0 Å². The van der Waals surface area contributed by atoms with Crippen LogP contribution in [0.5, 0.6) is 5.75 Å². The number of hydrogen-bond donors (Lipinski definition) is 2. The van der Waals surface area contributed by atoms with E-state index in [0.29, 0.717) is 25.4 Å². The molecule has 0 aromatic heterocycles. The molecule has 0 bridgehead atoms. The molecule has 1 aromatic rings. The first-order valence-corrected chi connectivity index (χ1v) is 9.29. The lowest BCUT2D eigenvalue weighted by atomic mass is 9.97. The van der Waals surface area contributed by atoms with E-state index in [2.05, 4.69) is 10.6 Å². The Morgan fingerprint density at radius 3 is 2.96 bits per heavy atom. The van der Waals surface area contributed by atoms with E-state index in [9.17, 15) is 14.0 Å². The van der Waals surface area contributed by atoms with Gasteiger partial charge in [0.1, 0.15) is 11.6 Å². The standard InChI is InChI=1S/C19H26FN3O3/c20-15-5-1-6-16(10-15)26-13-18(24)23-9-3-4-14(12-23)11-22-19(25)17-7-2-8-21-17/h1,5-6,10,14,17,21H,2-4,7-9,11-13H2,(H,22,25). The van der Waals surface area contributed by atoms with Crippen LogP contribution in [0, 0.1) is 11.7 Å². The molecule has 2 heterocycles. The SMILES string of the molecule is O=C(NCC1CCCN(C(=O)COc2cccc(F)c2)C1)C1CCCN1. The minimum absolute atomic E-state index is 0.0559. The van der Waals surface area contributed by atoms with Gasteiger partial charge in [-0.2, -0.15) is 0 Å². The van der Waals surface area contributed by atoms with Gasteiger partial charge in [-0.3, -0.25) is 9.59 Å². The van der Waals surface area contributed by atoms with E-state index >= 15 is 0 Å². The van der Waals surface area contributed by atoms with E-state index in [4.69, 9.17) is 4.74 Å². The Kier molecular flexibility index (Phi) is 6.44. The van der Waals surface area contributed by atoms with Crippen molar-refractivity contribution in [2.45, 2.75) is 31.7 Å². The lowest BCUT2D eigenvalue weighted by Crippen LogP contribution is -2.47. The fourth-order valence-electron chi connectivity index (χ4n) is 3.53. The summed E-state index contributed by atoms with van der Waals surface area (Å²) in [6, 6.07) is 5.70. The van der Waals surface area contributed by atoms with Crippen molar-refractivity contribution in [3.8, 4) is 5.75 Å². The minimum Gasteiger partial charge on any atom is -0.484 e. The molecule has 0 spiro atoms. The molecule has 2 amide bonds. The summed E-state index contributed by atoms with van der Waals surface area (Å²) in [4.78, 5) is 26.2. The van der Waals surface area contributed by atoms with E-state index in [1.165, 1.54) is 12.1 Å². The molecule has 7 heteroatoms. The molecule has 6 nitrogen and oxygen atoms in total. The number of benzene rings is 1. The van der Waals surface area contributed by atoms with Crippen molar-refractivity contribution in [1.82, 2.24) is 15.5 Å². The zero-order chi connectivity index (χ0) is 18.4. The zero-order valence-electron chi connectivity index (χ0n) is 14.9. The molecule has 2 aliphatic rings. The quantitative estimate of drug-likeness (QED) is 0.800. The summed E-state index contributed by atoms with van der Waals surface area (Å²) in [7, 11) is 0. The van der Waals surface area contributed by atoms with Crippen LogP contribution in [0.3, 0.4) is 0 Å². The van der Waals surface area contributed by atoms with Crippen LogP contribution < -0.4 is 15.4 Å². The summed E-state index contributed by atoms with van der Waals surface area (Å²) in [6.45, 7) is 2.69. The van der Waals surface area contributed by atoms with Gasteiger partial charge in [0, 0.05) is 25.7 Å². The van der Waals surface area contributed by atoms with Crippen molar-refractivity contribution in [1.29, 1.82) is 0 Å². The summed E-state index contributed by atoms with van der Waals surface area (Å²) < 4.78 is 18.5. The molecule has 26 heavy (non-hydrogen) atoms. The highest BCUT2D eigenvalue weighted by Crippen LogP contribution is 2.17. The molecular formula is C19H26FN3O3. The van der Waals surface area contributed by atoms with Gasteiger partial charge in [0.05, 0.1) is 6.04 Å². The third kappa shape index (κ3) is 5.17. The van der Waals surface area contributed by atoms with Crippen LogP contribution in [0.2, 0.25) is 0 Å². The van der Waals surface area contributed by atoms with Gasteiger partial charge in [0.15, 0.2) is 6.61 Å². The van der Waals surface area contributed by atoms with E-state index in [-0.39, 0.29) is 36.2 Å². The molecular weight excluding hydrogens is 337 g/mol. The van der Waals surface area contributed by atoms with Gasteiger partial charge in [0.25, 0.3) is 5.91 Å². The van der Waals surface area contributed by atoms with Gasteiger partial charge >= 0.3 is 0 Å². The lowest BCUT2D eigenvalue weighted by Gasteiger charge is -2.33. The lowest BCUT2D eigenvalue weighted by molar-refractivity contribution is -0.135. The normalized spacial score (nSPS) is 22.9. The second-order valence-corrected chi connectivity index (χ2v) is 6.99. The number of piperidine rings is 1. The highest BCUT2D eigenvalue weighted by molar-refractivity contribution is 5.82. The molecule has 3 rings (SSSR count). The van der Waals surface area contributed by atoms with Crippen LogP contribution in [-0.2, 0) is 9.59 Å². The van der Waals surface area contributed by atoms with Crippen LogP contribution in [0.15, 0.2) is 24.3 Å². The molecule has 2 aliphatic heterocycles. The van der Waals surface area contributed by atoms with E-state index in [1.54, 1.807) is 17.0 Å². The van der Waals surface area contributed by atoms with Crippen LogP contribution in [-0.4, -0.2) is 55.5 Å². The smallest absolute Gasteiger partial charge is 0.260 e. The van der Waals surface area contributed by atoms with E-state index < -0.39 is 0 Å². The Labute approximate surface area is 153 Å². The highest BCUT2D eigenvalue weighted by Gasteiger charge is 2.26. The molecule has 2 N–H and O–H groups in total. The average Bonchev–Trinajstić information content (AvgIpc) is 3.19. The second kappa shape index (κ2) is 8.98. The van der Waals surface area contributed by atoms with Gasteiger partial charge in [-0.15, -0.1) is 0 Å². The van der Waals surface area contributed by atoms with Gasteiger partial charge in [-0.1, -0.05) is 6.07 Å². The van der Waals surface area contributed by atoms with Crippen molar-refractivity contribution in [3.63, 3.8) is 0 Å². The molecule has 142 valence electrons. The maximum Gasteiger partial charge on any atom is 0.260 e. The Morgan fingerprint density at radius 1 is 1.31 bits per heavy atom. The molecule has 2 fully saturated rings. The average molecular weight is 363 g/mol. The third-order valence-corrected chi connectivity index (χ3v) is 4.97. The predicted octanol–water partition coefficient (Wildman–Crippen LogP) is 1.31. The Hall–Kier alpha value is -2.15. The molecule has 2 saturated heterocycles. The van der Waals surface area contributed by atoms with Gasteiger partial charge in [-0.05, 0) is 50.3 Å². The van der Waals surface area contributed by atoms with Gasteiger partial charge in [-0.25, -0.2) is 4.39 Å². The number of carbonyl (C=O) groups is 2. The molecule has 0 radical (unpaired) electrons. The fourth-order valence-corrected chi connectivity index (χ4v) is 3.53. The summed E-state index contributed by atoms with van der Waals surface area (Å²) in [5.74, 6) is 0.166. The first kappa shape index (κ1) is 18.6. The van der Waals surface area contributed by atoms with Crippen molar-refractivity contribution in [3.05, 3.63) is 30.1 Å². The first-order chi connectivity index (χ1) is 12.6. The van der Waals surface area contributed by atoms with Crippen molar-refractivity contribution in [2.24, 2.45) is 5.92 Å². The van der Waals surface area contributed by atoms with E-state index in [0.717, 1.165) is 32.2 Å². The molecule has 0 saturated carbocycles. The van der Waals surface area contributed by atoms with Crippen molar-refractivity contribution in [2.75, 3.05) is 32.8 Å². The predicted molar refractivity (Wildman–Crippen MR) is 95.2 cm³/mol. The number of nitrogens with one attached hydrogen (secondary N) is 2. The third-order valence-electron chi connectivity index (χ3n) is 4.97. The van der Waals surface area contributed by atoms with Crippen molar-refractivity contribution >= 4 is 11.8 Å². The number of rotatable bonds is 6. The highest BCUT2D eigenvalue weighted by atomic mass is 19.1. The summed E-state index contributed by atoms with van der Waals surface area (Å²) >= 11 is 0. The number of hydrogen-bond acceptors (Lipinski definition) is 4. The number of likely N-dealkylation sites (tertiary alicyclic amines) is 1. The molecule has 1 aromatic carbocycles. The summed E-state index contributed by atoms with van der Waals surface area (Å²) in [5, 5.41) is 6.19. The molecule has 2 unspecified atom stereocenters.